The van der Waals surface area contributed by atoms with Crippen molar-refractivity contribution in [3.05, 3.63) is 24.3 Å². The number of ether oxygens (including phenoxy) is 1. The largest absolute Gasteiger partial charge is 0.450 e. The van der Waals surface area contributed by atoms with Gasteiger partial charge in [0.05, 0.1) is 17.2 Å². The number of imide groups is 1. The van der Waals surface area contributed by atoms with Gasteiger partial charge in [-0.2, -0.15) is 4.31 Å². The van der Waals surface area contributed by atoms with Crippen LogP contribution in [0, 0.1) is 0 Å². The lowest BCUT2D eigenvalue weighted by Gasteiger charge is -2.33. The van der Waals surface area contributed by atoms with Crippen molar-refractivity contribution >= 4 is 33.6 Å². The topological polar surface area (TPSA) is 104 Å². The van der Waals surface area contributed by atoms with Gasteiger partial charge in [0.25, 0.3) is 0 Å². The molecule has 2 aliphatic rings. The molecule has 0 radical (unpaired) electrons. The molecule has 2 heterocycles. The molecular weight excluding hydrogens is 386 g/mol. The van der Waals surface area contributed by atoms with Gasteiger partial charge in [-0.1, -0.05) is 0 Å². The smallest absolute Gasteiger partial charge is 0.409 e. The van der Waals surface area contributed by atoms with Gasteiger partial charge >= 0.3 is 6.09 Å². The second-order valence-electron chi connectivity index (χ2n) is 6.56. The second kappa shape index (κ2) is 8.27. The zero-order valence-electron chi connectivity index (χ0n) is 15.7. The molecule has 0 spiro atoms. The lowest BCUT2D eigenvalue weighted by atomic mass is 10.1. The summed E-state index contributed by atoms with van der Waals surface area (Å²) in [5, 5.41) is 0. The summed E-state index contributed by atoms with van der Waals surface area (Å²) in [5.41, 5.74) is 0.376. The molecule has 28 heavy (non-hydrogen) atoms. The minimum absolute atomic E-state index is 0.0812. The standard InChI is InChI=1S/C18H23N3O6S/c1-2-27-18(24)19-10-12-20(13-11-19)28(25,26)15-8-6-14(7-9-15)21-16(22)4-3-5-17(21)23/h6-9H,2-5,10-13H2,1H3. The number of hydrogen-bond donors (Lipinski definition) is 0. The average molecular weight is 409 g/mol. The van der Waals surface area contributed by atoms with Crippen LogP contribution in [0.2, 0.25) is 0 Å². The molecule has 2 saturated heterocycles. The quantitative estimate of drug-likeness (QED) is 0.692. The number of rotatable bonds is 4. The third-order valence-corrected chi connectivity index (χ3v) is 6.69. The fourth-order valence-electron chi connectivity index (χ4n) is 3.28. The van der Waals surface area contributed by atoms with Crippen molar-refractivity contribution in [2.45, 2.75) is 31.1 Å². The van der Waals surface area contributed by atoms with Gasteiger partial charge in [-0.25, -0.2) is 13.2 Å². The summed E-state index contributed by atoms with van der Waals surface area (Å²) < 4.78 is 31.9. The molecular formula is C18H23N3O6S. The van der Waals surface area contributed by atoms with Gasteiger partial charge in [0, 0.05) is 39.0 Å². The number of piperazine rings is 1. The molecule has 2 fully saturated rings. The summed E-state index contributed by atoms with van der Waals surface area (Å²) in [4.78, 5) is 38.4. The number of amides is 3. The van der Waals surface area contributed by atoms with Crippen LogP contribution < -0.4 is 4.90 Å². The van der Waals surface area contributed by atoms with Gasteiger partial charge in [-0.3, -0.25) is 14.5 Å². The number of carbonyl (C=O) groups excluding carboxylic acids is 3. The van der Waals surface area contributed by atoms with Gasteiger partial charge in [-0.05, 0) is 37.6 Å². The first kappa shape index (κ1) is 20.3. The van der Waals surface area contributed by atoms with E-state index in [9.17, 15) is 22.8 Å². The van der Waals surface area contributed by atoms with Crippen LogP contribution in [-0.4, -0.2) is 68.3 Å². The second-order valence-corrected chi connectivity index (χ2v) is 8.50. The molecule has 2 aliphatic heterocycles. The van der Waals surface area contributed by atoms with E-state index in [1.54, 1.807) is 6.92 Å². The van der Waals surface area contributed by atoms with Gasteiger partial charge in [0.15, 0.2) is 0 Å². The SMILES string of the molecule is CCOC(=O)N1CCN(S(=O)(=O)c2ccc(N3C(=O)CCCC3=O)cc2)CC1. The average Bonchev–Trinajstić information content (AvgIpc) is 2.68. The first-order valence-electron chi connectivity index (χ1n) is 9.22. The summed E-state index contributed by atoms with van der Waals surface area (Å²) in [6.45, 7) is 2.84. The van der Waals surface area contributed by atoms with Crippen molar-refractivity contribution in [2.75, 3.05) is 37.7 Å². The molecule has 0 unspecified atom stereocenters. The lowest BCUT2D eigenvalue weighted by Crippen LogP contribution is -2.50. The van der Waals surface area contributed by atoms with Crippen molar-refractivity contribution < 1.29 is 27.5 Å². The number of sulfonamides is 1. The summed E-state index contributed by atoms with van der Waals surface area (Å²) >= 11 is 0. The fraction of sp³-hybridized carbons (Fsp3) is 0.500. The molecule has 9 nitrogen and oxygen atoms in total. The maximum absolute atomic E-state index is 12.8. The third kappa shape index (κ3) is 4.02. The maximum Gasteiger partial charge on any atom is 0.409 e. The van der Waals surface area contributed by atoms with E-state index >= 15 is 0 Å². The van der Waals surface area contributed by atoms with Crippen LogP contribution in [0.15, 0.2) is 29.2 Å². The maximum atomic E-state index is 12.8. The molecule has 10 heteroatoms. The number of piperidine rings is 1. The number of anilines is 1. The van der Waals surface area contributed by atoms with E-state index in [4.69, 9.17) is 4.74 Å². The first-order valence-corrected chi connectivity index (χ1v) is 10.7. The van der Waals surface area contributed by atoms with E-state index in [1.165, 1.54) is 33.5 Å². The predicted octanol–water partition coefficient (Wildman–Crippen LogP) is 1.19. The Kier molecular flexibility index (Phi) is 5.99. The van der Waals surface area contributed by atoms with E-state index in [0.29, 0.717) is 24.9 Å². The van der Waals surface area contributed by atoms with Crippen LogP contribution in [0.3, 0.4) is 0 Å². The van der Waals surface area contributed by atoms with Crippen molar-refractivity contribution in [3.63, 3.8) is 0 Å². The van der Waals surface area contributed by atoms with Gasteiger partial charge in [-0.15, -0.1) is 0 Å². The molecule has 0 aliphatic carbocycles. The molecule has 0 saturated carbocycles. The predicted molar refractivity (Wildman–Crippen MR) is 100 cm³/mol. The van der Waals surface area contributed by atoms with Crippen molar-refractivity contribution in [1.82, 2.24) is 9.21 Å². The number of hydrogen-bond acceptors (Lipinski definition) is 6. The van der Waals surface area contributed by atoms with Crippen molar-refractivity contribution in [1.29, 1.82) is 0 Å². The van der Waals surface area contributed by atoms with Crippen molar-refractivity contribution in [2.24, 2.45) is 0 Å². The summed E-state index contributed by atoms with van der Waals surface area (Å²) in [5.74, 6) is -0.552. The molecule has 0 atom stereocenters. The van der Waals surface area contributed by atoms with Crippen LogP contribution in [0.1, 0.15) is 26.2 Å². The summed E-state index contributed by atoms with van der Waals surface area (Å²) in [7, 11) is -3.73. The molecule has 3 amide bonds. The lowest BCUT2D eigenvalue weighted by molar-refractivity contribution is -0.129. The van der Waals surface area contributed by atoms with E-state index in [-0.39, 0.29) is 49.5 Å². The Hall–Kier alpha value is -2.46. The highest BCUT2D eigenvalue weighted by molar-refractivity contribution is 7.89. The van der Waals surface area contributed by atoms with E-state index < -0.39 is 16.1 Å². The van der Waals surface area contributed by atoms with Crippen LogP contribution in [0.4, 0.5) is 10.5 Å². The molecule has 0 bridgehead atoms. The highest BCUT2D eigenvalue weighted by Gasteiger charge is 2.31. The van der Waals surface area contributed by atoms with Crippen LogP contribution >= 0.6 is 0 Å². The molecule has 1 aromatic carbocycles. The Balaban J connectivity index is 1.70. The van der Waals surface area contributed by atoms with Gasteiger partial charge in [0.1, 0.15) is 0 Å². The van der Waals surface area contributed by atoms with Crippen LogP contribution in [-0.2, 0) is 24.3 Å². The van der Waals surface area contributed by atoms with Crippen LogP contribution in [0.5, 0.6) is 0 Å². The zero-order valence-corrected chi connectivity index (χ0v) is 16.5. The Morgan fingerprint density at radius 1 is 1.00 bits per heavy atom. The molecule has 3 rings (SSSR count). The summed E-state index contributed by atoms with van der Waals surface area (Å²) in [6.07, 6.45) is 0.700. The van der Waals surface area contributed by atoms with Crippen molar-refractivity contribution in [3.8, 4) is 0 Å². The Morgan fingerprint density at radius 3 is 2.11 bits per heavy atom. The monoisotopic (exact) mass is 409 g/mol. The minimum Gasteiger partial charge on any atom is -0.450 e. The highest BCUT2D eigenvalue weighted by atomic mass is 32.2. The van der Waals surface area contributed by atoms with Crippen LogP contribution in [0.25, 0.3) is 0 Å². The fourth-order valence-corrected chi connectivity index (χ4v) is 4.71. The van der Waals surface area contributed by atoms with E-state index in [2.05, 4.69) is 0 Å². The molecule has 0 N–H and O–H groups in total. The summed E-state index contributed by atoms with van der Waals surface area (Å²) in [6, 6.07) is 5.75. The Bertz CT molecular complexity index is 844. The van der Waals surface area contributed by atoms with Gasteiger partial charge in [0.2, 0.25) is 21.8 Å². The van der Waals surface area contributed by atoms with E-state index in [1.807, 2.05) is 0 Å². The molecule has 1 aromatic rings. The number of nitrogens with zero attached hydrogens (tertiary/aromatic N) is 3. The zero-order chi connectivity index (χ0) is 20.3. The molecule has 152 valence electrons. The minimum atomic E-state index is -3.73. The number of carbonyl (C=O) groups is 3. The number of benzene rings is 1. The Labute approximate surface area is 163 Å². The normalized spacial score (nSPS) is 19.0. The first-order chi connectivity index (χ1) is 13.3. The Morgan fingerprint density at radius 2 is 1.57 bits per heavy atom. The van der Waals surface area contributed by atoms with E-state index in [0.717, 1.165) is 4.90 Å². The van der Waals surface area contributed by atoms with Gasteiger partial charge < -0.3 is 9.64 Å². The highest BCUT2D eigenvalue weighted by Crippen LogP contribution is 2.25. The molecule has 0 aromatic heterocycles. The third-order valence-electron chi connectivity index (χ3n) is 4.78.